The molecular formula is C16H23N3O5S. The van der Waals surface area contributed by atoms with Gasteiger partial charge in [0.1, 0.15) is 10.6 Å². The number of nitrogens with zero attached hydrogens (tertiary/aromatic N) is 1. The molecule has 2 amide bonds. The van der Waals surface area contributed by atoms with E-state index in [2.05, 4.69) is 10.6 Å². The molecular weight excluding hydrogens is 346 g/mol. The Balaban J connectivity index is 2.93. The van der Waals surface area contributed by atoms with Crippen LogP contribution in [-0.2, 0) is 19.6 Å². The number of ether oxygens (including phenoxy) is 1. The number of sulfonamides is 1. The number of carbonyl (C=O) groups excluding carboxylic acids is 2. The van der Waals surface area contributed by atoms with Crippen LogP contribution < -0.4 is 15.4 Å². The Morgan fingerprint density at radius 3 is 2.48 bits per heavy atom. The zero-order chi connectivity index (χ0) is 19.0. The quantitative estimate of drug-likeness (QED) is 0.638. The number of hydrogen-bond acceptors (Lipinski definition) is 5. The van der Waals surface area contributed by atoms with Gasteiger partial charge >= 0.3 is 0 Å². The van der Waals surface area contributed by atoms with Gasteiger partial charge in [0, 0.05) is 26.7 Å². The molecule has 1 aromatic rings. The van der Waals surface area contributed by atoms with Gasteiger partial charge in [-0.1, -0.05) is 6.07 Å². The van der Waals surface area contributed by atoms with Crippen LogP contribution >= 0.6 is 0 Å². The van der Waals surface area contributed by atoms with Crippen LogP contribution in [0.1, 0.15) is 12.5 Å². The molecule has 0 aromatic heterocycles. The van der Waals surface area contributed by atoms with Crippen molar-refractivity contribution in [2.45, 2.75) is 11.8 Å². The smallest absolute Gasteiger partial charge is 0.246 e. The lowest BCUT2D eigenvalue weighted by atomic mass is 10.2. The Hall–Kier alpha value is -2.39. The van der Waals surface area contributed by atoms with E-state index < -0.39 is 15.9 Å². The van der Waals surface area contributed by atoms with Gasteiger partial charge in [-0.15, -0.1) is 0 Å². The number of carbonyl (C=O) groups is 2. The molecule has 0 aliphatic heterocycles. The summed E-state index contributed by atoms with van der Waals surface area (Å²) in [7, 11) is 0.541. The van der Waals surface area contributed by atoms with Crippen molar-refractivity contribution >= 4 is 27.9 Å². The van der Waals surface area contributed by atoms with E-state index in [-0.39, 0.29) is 23.1 Å². The Morgan fingerprint density at radius 1 is 1.24 bits per heavy atom. The van der Waals surface area contributed by atoms with Crippen molar-refractivity contribution in [3.63, 3.8) is 0 Å². The number of benzene rings is 1. The molecule has 0 radical (unpaired) electrons. The zero-order valence-corrected chi connectivity index (χ0v) is 15.5. The molecule has 25 heavy (non-hydrogen) atoms. The number of nitrogens with one attached hydrogen (secondary N) is 2. The summed E-state index contributed by atoms with van der Waals surface area (Å²) in [6.45, 7) is 2.14. The fraction of sp³-hybridized carbons (Fsp3) is 0.375. The van der Waals surface area contributed by atoms with Crippen molar-refractivity contribution in [3.8, 4) is 5.75 Å². The van der Waals surface area contributed by atoms with E-state index in [0.29, 0.717) is 12.1 Å². The van der Waals surface area contributed by atoms with Crippen molar-refractivity contribution in [2.75, 3.05) is 34.3 Å². The highest BCUT2D eigenvalue weighted by Crippen LogP contribution is 2.27. The van der Waals surface area contributed by atoms with Crippen molar-refractivity contribution in [1.82, 2.24) is 14.9 Å². The minimum Gasteiger partial charge on any atom is -0.495 e. The summed E-state index contributed by atoms with van der Waals surface area (Å²) in [6.07, 6.45) is 2.69. The monoisotopic (exact) mass is 369 g/mol. The third kappa shape index (κ3) is 5.87. The lowest BCUT2D eigenvalue weighted by Crippen LogP contribution is -2.35. The van der Waals surface area contributed by atoms with Crippen LogP contribution in [0.4, 0.5) is 0 Å². The Morgan fingerprint density at radius 2 is 1.92 bits per heavy atom. The first-order chi connectivity index (χ1) is 11.7. The molecule has 0 spiro atoms. The summed E-state index contributed by atoms with van der Waals surface area (Å²) in [5.74, 6) is -0.529. The average Bonchev–Trinajstić information content (AvgIpc) is 2.58. The topological polar surface area (TPSA) is 105 Å². The minimum absolute atomic E-state index is 0.00452. The molecule has 1 aromatic carbocycles. The molecule has 0 saturated heterocycles. The van der Waals surface area contributed by atoms with Gasteiger partial charge in [-0.05, 0) is 30.7 Å². The molecule has 0 saturated carbocycles. The van der Waals surface area contributed by atoms with Gasteiger partial charge in [0.2, 0.25) is 21.8 Å². The van der Waals surface area contributed by atoms with Gasteiger partial charge in [-0.25, -0.2) is 12.7 Å². The van der Waals surface area contributed by atoms with Crippen molar-refractivity contribution < 1.29 is 22.7 Å². The maximum Gasteiger partial charge on any atom is 0.246 e. The molecule has 1 rings (SSSR count). The van der Waals surface area contributed by atoms with Crippen LogP contribution in [0.3, 0.4) is 0 Å². The first kappa shape index (κ1) is 20.7. The summed E-state index contributed by atoms with van der Waals surface area (Å²) < 4.78 is 30.9. The van der Waals surface area contributed by atoms with Gasteiger partial charge in [-0.2, -0.15) is 0 Å². The summed E-state index contributed by atoms with van der Waals surface area (Å²) in [5.41, 5.74) is 0.509. The average molecular weight is 369 g/mol. The first-order valence-corrected chi connectivity index (χ1v) is 8.99. The fourth-order valence-corrected chi connectivity index (χ4v) is 2.94. The summed E-state index contributed by atoms with van der Waals surface area (Å²) in [5, 5.41) is 4.99. The van der Waals surface area contributed by atoms with E-state index in [9.17, 15) is 18.0 Å². The Bertz CT molecular complexity index is 757. The van der Waals surface area contributed by atoms with Crippen LogP contribution in [0, 0.1) is 0 Å². The molecule has 0 aliphatic rings. The van der Waals surface area contributed by atoms with E-state index in [0.717, 1.165) is 4.31 Å². The van der Waals surface area contributed by atoms with E-state index in [1.54, 1.807) is 13.0 Å². The molecule has 0 bridgehead atoms. The van der Waals surface area contributed by atoms with Crippen LogP contribution in [0.5, 0.6) is 5.75 Å². The molecule has 138 valence electrons. The van der Waals surface area contributed by atoms with Gasteiger partial charge < -0.3 is 15.4 Å². The molecule has 0 fully saturated rings. The van der Waals surface area contributed by atoms with Gasteiger partial charge in [0.25, 0.3) is 0 Å². The molecule has 0 atom stereocenters. The number of hydrogen-bond donors (Lipinski definition) is 2. The van der Waals surface area contributed by atoms with Crippen molar-refractivity contribution in [3.05, 3.63) is 29.8 Å². The predicted octanol–water partition coefficient (Wildman–Crippen LogP) is 0.211. The second-order valence-electron chi connectivity index (χ2n) is 5.20. The maximum absolute atomic E-state index is 12.3. The van der Waals surface area contributed by atoms with Crippen molar-refractivity contribution in [1.29, 1.82) is 0 Å². The molecule has 9 heteroatoms. The summed E-state index contributed by atoms with van der Waals surface area (Å²) in [6, 6.07) is 4.56. The number of rotatable bonds is 8. The predicted molar refractivity (Wildman–Crippen MR) is 94.6 cm³/mol. The van der Waals surface area contributed by atoms with Crippen LogP contribution in [0.2, 0.25) is 0 Å². The van der Waals surface area contributed by atoms with Crippen LogP contribution in [-0.4, -0.2) is 58.8 Å². The lowest BCUT2D eigenvalue weighted by molar-refractivity contribution is -0.123. The maximum atomic E-state index is 12.3. The molecule has 0 unspecified atom stereocenters. The van der Waals surface area contributed by atoms with Gasteiger partial charge in [0.15, 0.2) is 0 Å². The Kier molecular flexibility index (Phi) is 7.59. The number of amides is 2. The van der Waals surface area contributed by atoms with Crippen LogP contribution in [0.15, 0.2) is 29.2 Å². The number of likely N-dealkylation sites (N-methyl/N-ethyl adjacent to an activating group) is 1. The SMILES string of the molecule is CCNC(=O)CNC(=O)/C=C/c1ccc(OC)c(S(=O)(=O)N(C)C)c1. The standard InChI is InChI=1S/C16H23N3O5S/c1-5-17-16(21)11-18-15(20)9-7-12-6-8-13(24-4)14(10-12)25(22,23)19(2)3/h6-10H,5,11H2,1-4H3,(H,17,21)(H,18,20)/b9-7+. The third-order valence-corrected chi connectivity index (χ3v) is 5.01. The first-order valence-electron chi connectivity index (χ1n) is 7.55. The molecule has 0 heterocycles. The summed E-state index contributed by atoms with van der Waals surface area (Å²) in [4.78, 5) is 23.0. The molecule has 8 nitrogen and oxygen atoms in total. The fourth-order valence-electron chi connectivity index (χ4n) is 1.85. The van der Waals surface area contributed by atoms with E-state index >= 15 is 0 Å². The van der Waals surface area contributed by atoms with E-state index in [1.807, 2.05) is 0 Å². The second-order valence-corrected chi connectivity index (χ2v) is 7.32. The van der Waals surface area contributed by atoms with Gasteiger partial charge in [-0.3, -0.25) is 9.59 Å². The van der Waals surface area contributed by atoms with Crippen LogP contribution in [0.25, 0.3) is 6.08 Å². The van der Waals surface area contributed by atoms with Gasteiger partial charge in [0.05, 0.1) is 13.7 Å². The van der Waals surface area contributed by atoms with E-state index in [4.69, 9.17) is 4.74 Å². The minimum atomic E-state index is -3.69. The zero-order valence-electron chi connectivity index (χ0n) is 14.7. The highest BCUT2D eigenvalue weighted by Gasteiger charge is 2.22. The normalized spacial score (nSPS) is 11.6. The van der Waals surface area contributed by atoms with E-state index in [1.165, 1.54) is 45.5 Å². The highest BCUT2D eigenvalue weighted by atomic mass is 32.2. The third-order valence-electron chi connectivity index (χ3n) is 3.17. The second kappa shape index (κ2) is 9.19. The largest absolute Gasteiger partial charge is 0.495 e. The molecule has 0 aliphatic carbocycles. The summed E-state index contributed by atoms with van der Waals surface area (Å²) >= 11 is 0. The highest BCUT2D eigenvalue weighted by molar-refractivity contribution is 7.89. The number of methoxy groups -OCH3 is 1. The van der Waals surface area contributed by atoms with Crippen molar-refractivity contribution in [2.24, 2.45) is 0 Å². The molecule has 2 N–H and O–H groups in total. The lowest BCUT2D eigenvalue weighted by Gasteiger charge is -2.15. The Labute approximate surface area is 147 Å².